The van der Waals surface area contributed by atoms with E-state index >= 15 is 0 Å². The lowest BCUT2D eigenvalue weighted by atomic mass is 10.1. The minimum absolute atomic E-state index is 0.309. The van der Waals surface area contributed by atoms with Crippen LogP contribution in [0, 0.1) is 12.7 Å². The molecule has 0 saturated heterocycles. The monoisotopic (exact) mass is 223 g/mol. The Labute approximate surface area is 92.9 Å². The number of nitrogens with zero attached hydrogens (tertiary/aromatic N) is 1. The summed E-state index contributed by atoms with van der Waals surface area (Å²) in [5.74, 6) is -0.309. The predicted octanol–water partition coefficient (Wildman–Crippen LogP) is 3.90. The molecule has 1 aromatic carbocycles. The van der Waals surface area contributed by atoms with Crippen LogP contribution >= 0.6 is 11.6 Å². The first-order chi connectivity index (χ1) is 7.13. The lowest BCUT2D eigenvalue weighted by Crippen LogP contribution is -1.93. The van der Waals surface area contributed by atoms with Crippen LogP contribution in [0.15, 0.2) is 18.2 Å². The summed E-state index contributed by atoms with van der Waals surface area (Å²) in [6.07, 6.45) is 0.797. The molecule has 0 bridgehead atoms. The van der Waals surface area contributed by atoms with Gasteiger partial charge in [0.25, 0.3) is 0 Å². The molecule has 0 saturated carbocycles. The van der Waals surface area contributed by atoms with Crippen molar-refractivity contribution in [1.82, 2.24) is 4.98 Å². The molecule has 2 aromatic rings. The molecule has 1 aromatic heterocycles. The first-order valence-electron chi connectivity index (χ1n) is 4.87. The van der Waals surface area contributed by atoms with Crippen LogP contribution in [-0.2, 0) is 6.42 Å². The molecule has 0 aliphatic rings. The van der Waals surface area contributed by atoms with E-state index < -0.39 is 0 Å². The van der Waals surface area contributed by atoms with E-state index in [4.69, 9.17) is 11.6 Å². The largest absolute Gasteiger partial charge is 0.252 e. The summed E-state index contributed by atoms with van der Waals surface area (Å²) in [6.45, 7) is 3.91. The summed E-state index contributed by atoms with van der Waals surface area (Å²) >= 11 is 6.04. The summed E-state index contributed by atoms with van der Waals surface area (Å²) in [6, 6.07) is 4.88. The number of aryl methyl sites for hydroxylation is 2. The number of pyridine rings is 1. The average molecular weight is 224 g/mol. The summed E-state index contributed by atoms with van der Waals surface area (Å²) in [5, 5.41) is 0.868. The minimum atomic E-state index is -0.309. The Bertz CT molecular complexity index is 523. The maximum absolute atomic E-state index is 13.5. The van der Waals surface area contributed by atoms with Crippen molar-refractivity contribution in [3.63, 3.8) is 0 Å². The lowest BCUT2D eigenvalue weighted by Gasteiger charge is -2.06. The van der Waals surface area contributed by atoms with Gasteiger partial charge in [0.2, 0.25) is 0 Å². The van der Waals surface area contributed by atoms with Crippen molar-refractivity contribution in [2.24, 2.45) is 0 Å². The Kier molecular flexibility index (Phi) is 2.61. The third-order valence-electron chi connectivity index (χ3n) is 2.48. The highest BCUT2D eigenvalue weighted by Gasteiger charge is 2.09. The Morgan fingerprint density at radius 2 is 2.13 bits per heavy atom. The zero-order chi connectivity index (χ0) is 11.0. The van der Waals surface area contributed by atoms with Gasteiger partial charge < -0.3 is 0 Å². The Balaban J connectivity index is 2.90. The molecule has 0 N–H and O–H groups in total. The van der Waals surface area contributed by atoms with E-state index in [9.17, 15) is 4.39 Å². The zero-order valence-electron chi connectivity index (χ0n) is 8.64. The second kappa shape index (κ2) is 3.78. The number of benzene rings is 1. The number of hydrogen-bond donors (Lipinski definition) is 0. The number of rotatable bonds is 1. The Morgan fingerprint density at radius 3 is 2.80 bits per heavy atom. The molecule has 0 amide bonds. The van der Waals surface area contributed by atoms with Gasteiger partial charge in [-0.05, 0) is 31.0 Å². The van der Waals surface area contributed by atoms with Crippen LogP contribution in [0.4, 0.5) is 4.39 Å². The van der Waals surface area contributed by atoms with Gasteiger partial charge in [0.15, 0.2) is 0 Å². The van der Waals surface area contributed by atoms with Crippen molar-refractivity contribution in [2.75, 3.05) is 0 Å². The fourth-order valence-corrected chi connectivity index (χ4v) is 1.92. The van der Waals surface area contributed by atoms with E-state index in [-0.39, 0.29) is 5.82 Å². The molecule has 0 fully saturated rings. The van der Waals surface area contributed by atoms with Crippen LogP contribution in [0.5, 0.6) is 0 Å². The van der Waals surface area contributed by atoms with Crippen LogP contribution < -0.4 is 0 Å². The van der Waals surface area contributed by atoms with Gasteiger partial charge in [0, 0.05) is 5.69 Å². The van der Waals surface area contributed by atoms with Gasteiger partial charge in [-0.2, -0.15) is 0 Å². The maximum atomic E-state index is 13.5. The molecule has 15 heavy (non-hydrogen) atoms. The normalized spacial score (nSPS) is 10.9. The fourth-order valence-electron chi connectivity index (χ4n) is 1.62. The molecular formula is C12H11ClFN. The highest BCUT2D eigenvalue weighted by Crippen LogP contribution is 2.28. The minimum Gasteiger partial charge on any atom is -0.252 e. The summed E-state index contributed by atoms with van der Waals surface area (Å²) < 4.78 is 13.5. The second-order valence-electron chi connectivity index (χ2n) is 3.54. The topological polar surface area (TPSA) is 12.9 Å². The number of fused-ring (bicyclic) bond motifs is 1. The van der Waals surface area contributed by atoms with E-state index in [1.54, 1.807) is 12.1 Å². The molecule has 0 atom stereocenters. The van der Waals surface area contributed by atoms with Crippen LogP contribution in [0.3, 0.4) is 0 Å². The molecular weight excluding hydrogens is 213 g/mol. The van der Waals surface area contributed by atoms with Gasteiger partial charge in [-0.3, -0.25) is 4.98 Å². The highest BCUT2D eigenvalue weighted by atomic mass is 35.5. The number of halogens is 2. The number of hydrogen-bond acceptors (Lipinski definition) is 1. The van der Waals surface area contributed by atoms with Crippen molar-refractivity contribution < 1.29 is 4.39 Å². The Hall–Kier alpha value is -1.15. The van der Waals surface area contributed by atoms with Crippen molar-refractivity contribution in [3.05, 3.63) is 40.3 Å². The molecule has 1 nitrogen and oxygen atoms in total. The van der Waals surface area contributed by atoms with E-state index in [0.717, 1.165) is 17.7 Å². The first-order valence-corrected chi connectivity index (χ1v) is 5.25. The van der Waals surface area contributed by atoms with Crippen LogP contribution in [-0.4, -0.2) is 4.98 Å². The van der Waals surface area contributed by atoms with Gasteiger partial charge in [-0.1, -0.05) is 24.6 Å². The van der Waals surface area contributed by atoms with Crippen LogP contribution in [0.1, 0.15) is 18.2 Å². The van der Waals surface area contributed by atoms with Crippen molar-refractivity contribution >= 4 is 22.5 Å². The number of aromatic nitrogens is 1. The molecule has 0 aliphatic carbocycles. The molecule has 0 radical (unpaired) electrons. The molecule has 1 heterocycles. The van der Waals surface area contributed by atoms with Crippen LogP contribution in [0.25, 0.3) is 10.9 Å². The maximum Gasteiger partial charge on any atom is 0.134 e. The third kappa shape index (κ3) is 1.70. The summed E-state index contributed by atoms with van der Waals surface area (Å²) in [4.78, 5) is 4.39. The standard InChI is InChI=1S/C12H11ClFN/c1-3-8-6-9(13)11-10(14)5-4-7(2)12(11)15-8/h4-6H,3H2,1-2H3. The highest BCUT2D eigenvalue weighted by molar-refractivity contribution is 6.35. The predicted molar refractivity (Wildman–Crippen MR) is 60.8 cm³/mol. The molecule has 78 valence electrons. The van der Waals surface area contributed by atoms with Gasteiger partial charge >= 0.3 is 0 Å². The van der Waals surface area contributed by atoms with Crippen molar-refractivity contribution in [1.29, 1.82) is 0 Å². The quantitative estimate of drug-likeness (QED) is 0.715. The SMILES string of the molecule is CCc1cc(Cl)c2c(F)ccc(C)c2n1. The van der Waals surface area contributed by atoms with Gasteiger partial charge in [-0.25, -0.2) is 4.39 Å². The second-order valence-corrected chi connectivity index (χ2v) is 3.94. The summed E-state index contributed by atoms with van der Waals surface area (Å²) in [7, 11) is 0. The summed E-state index contributed by atoms with van der Waals surface area (Å²) in [5.41, 5.74) is 2.50. The van der Waals surface area contributed by atoms with Crippen molar-refractivity contribution in [2.45, 2.75) is 20.3 Å². The van der Waals surface area contributed by atoms with Crippen LogP contribution in [0.2, 0.25) is 5.02 Å². The molecule has 3 heteroatoms. The molecule has 2 rings (SSSR count). The van der Waals surface area contributed by atoms with E-state index in [1.807, 2.05) is 13.8 Å². The molecule has 0 unspecified atom stereocenters. The van der Waals surface area contributed by atoms with E-state index in [0.29, 0.717) is 15.9 Å². The van der Waals surface area contributed by atoms with E-state index in [1.165, 1.54) is 6.07 Å². The third-order valence-corrected chi connectivity index (χ3v) is 2.78. The van der Waals surface area contributed by atoms with Gasteiger partial charge in [0.1, 0.15) is 5.82 Å². The molecule has 0 aliphatic heterocycles. The average Bonchev–Trinajstić information content (AvgIpc) is 2.23. The zero-order valence-corrected chi connectivity index (χ0v) is 9.40. The Morgan fingerprint density at radius 1 is 1.40 bits per heavy atom. The molecule has 0 spiro atoms. The van der Waals surface area contributed by atoms with Crippen molar-refractivity contribution in [3.8, 4) is 0 Å². The first kappa shape index (κ1) is 10.4. The lowest BCUT2D eigenvalue weighted by molar-refractivity contribution is 0.639. The fraction of sp³-hybridized carbons (Fsp3) is 0.250. The van der Waals surface area contributed by atoms with Gasteiger partial charge in [-0.15, -0.1) is 0 Å². The van der Waals surface area contributed by atoms with Gasteiger partial charge in [0.05, 0.1) is 15.9 Å². The smallest absolute Gasteiger partial charge is 0.134 e. The van der Waals surface area contributed by atoms with E-state index in [2.05, 4.69) is 4.98 Å².